The van der Waals surface area contributed by atoms with E-state index in [4.69, 9.17) is 9.62 Å². The van der Waals surface area contributed by atoms with Crippen LogP contribution in [0, 0.1) is 6.92 Å². The summed E-state index contributed by atoms with van der Waals surface area (Å²) in [6, 6.07) is 17.3. The molecule has 0 fully saturated rings. The summed E-state index contributed by atoms with van der Waals surface area (Å²) in [5, 5.41) is 13.8. The van der Waals surface area contributed by atoms with Crippen molar-refractivity contribution in [2.24, 2.45) is 5.16 Å². The first-order chi connectivity index (χ1) is 9.28. The van der Waals surface area contributed by atoms with E-state index in [-0.39, 0.29) is 0 Å². The van der Waals surface area contributed by atoms with Crippen molar-refractivity contribution in [2.75, 3.05) is 0 Å². The van der Waals surface area contributed by atoms with Gasteiger partial charge in [-0.15, -0.1) is 0 Å². The van der Waals surface area contributed by atoms with E-state index in [1.807, 2.05) is 55.5 Å². The molecule has 0 spiro atoms. The van der Waals surface area contributed by atoms with E-state index in [9.17, 15) is 0 Å². The summed E-state index contributed by atoms with van der Waals surface area (Å²) in [7, 11) is 0. The third-order valence-corrected chi connectivity index (χ3v) is 3.09. The Kier molecular flexibility index (Phi) is 2.80. The molecule has 3 nitrogen and oxygen atoms in total. The third-order valence-electron chi connectivity index (χ3n) is 3.09. The van der Waals surface area contributed by atoms with Crippen molar-refractivity contribution in [1.82, 2.24) is 0 Å². The van der Waals surface area contributed by atoms with Crippen molar-refractivity contribution >= 4 is 11.0 Å². The minimum atomic E-state index is 0.512. The lowest BCUT2D eigenvalue weighted by Crippen LogP contribution is -2.02. The zero-order valence-corrected chi connectivity index (χ0v) is 10.5. The number of nitrogens with zero attached hydrogens (tertiary/aromatic N) is 1. The van der Waals surface area contributed by atoms with Crippen LogP contribution < -0.4 is 5.36 Å². The van der Waals surface area contributed by atoms with E-state index in [0.717, 1.165) is 10.9 Å². The van der Waals surface area contributed by atoms with Gasteiger partial charge in [0, 0.05) is 17.0 Å². The molecule has 0 saturated heterocycles. The Hall–Kier alpha value is -2.55. The van der Waals surface area contributed by atoms with Crippen LogP contribution in [0.2, 0.25) is 0 Å². The number of para-hydroxylation sites is 1. The summed E-state index contributed by atoms with van der Waals surface area (Å²) >= 11 is 0. The minimum Gasteiger partial charge on any atom is -0.456 e. The van der Waals surface area contributed by atoms with Crippen LogP contribution in [-0.2, 0) is 0 Å². The Morgan fingerprint density at radius 3 is 2.47 bits per heavy atom. The van der Waals surface area contributed by atoms with Gasteiger partial charge >= 0.3 is 0 Å². The lowest BCUT2D eigenvalue weighted by molar-refractivity contribution is 0.302. The van der Waals surface area contributed by atoms with Crippen molar-refractivity contribution in [2.45, 2.75) is 6.92 Å². The Labute approximate surface area is 110 Å². The highest BCUT2D eigenvalue weighted by Gasteiger charge is 2.05. The first kappa shape index (κ1) is 11.5. The van der Waals surface area contributed by atoms with Crippen LogP contribution in [0.4, 0.5) is 0 Å². The van der Waals surface area contributed by atoms with Gasteiger partial charge in [0.05, 0.1) is 0 Å². The fourth-order valence-corrected chi connectivity index (χ4v) is 2.06. The molecule has 3 heteroatoms. The molecule has 0 atom stereocenters. The number of hydrogen-bond acceptors (Lipinski definition) is 3. The smallest absolute Gasteiger partial charge is 0.136 e. The fraction of sp³-hybridized carbons (Fsp3) is 0.0625. The van der Waals surface area contributed by atoms with E-state index >= 15 is 0 Å². The summed E-state index contributed by atoms with van der Waals surface area (Å²) in [5.41, 5.74) is 2.85. The number of hydrogen-bond donors (Lipinski definition) is 1. The molecular formula is C16H13NO2. The summed E-state index contributed by atoms with van der Waals surface area (Å²) in [4.78, 5) is 0. The lowest BCUT2D eigenvalue weighted by Gasteiger charge is -2.04. The van der Waals surface area contributed by atoms with Crippen molar-refractivity contribution < 1.29 is 9.62 Å². The van der Waals surface area contributed by atoms with E-state index in [1.165, 1.54) is 5.56 Å². The maximum Gasteiger partial charge on any atom is 0.136 e. The fourth-order valence-electron chi connectivity index (χ4n) is 2.06. The monoisotopic (exact) mass is 251 g/mol. The van der Waals surface area contributed by atoms with E-state index in [1.54, 1.807) is 6.07 Å². The molecule has 3 aromatic rings. The van der Waals surface area contributed by atoms with Gasteiger partial charge in [-0.05, 0) is 19.1 Å². The molecule has 0 aliphatic rings. The highest BCUT2D eigenvalue weighted by molar-refractivity contribution is 5.78. The van der Waals surface area contributed by atoms with Crippen LogP contribution in [-0.4, -0.2) is 5.21 Å². The number of rotatable bonds is 1. The topological polar surface area (TPSA) is 45.7 Å². The standard InChI is InChI=1S/C16H13NO2/c1-11-6-8-12(9-7-11)16-10-14(17-18)13-4-2-3-5-15(13)19-16/h2-10,18H,1H3/b17-14+. The second-order valence-electron chi connectivity index (χ2n) is 4.46. The quantitative estimate of drug-likeness (QED) is 0.529. The third kappa shape index (κ3) is 2.10. The van der Waals surface area contributed by atoms with Gasteiger partial charge in [-0.2, -0.15) is 0 Å². The van der Waals surface area contributed by atoms with Crippen molar-refractivity contribution in [3.63, 3.8) is 0 Å². The first-order valence-corrected chi connectivity index (χ1v) is 6.06. The predicted octanol–water partition coefficient (Wildman–Crippen LogP) is 3.70. The average Bonchev–Trinajstić information content (AvgIpc) is 2.47. The molecule has 0 amide bonds. The second kappa shape index (κ2) is 4.61. The Morgan fingerprint density at radius 1 is 1.00 bits per heavy atom. The lowest BCUT2D eigenvalue weighted by atomic mass is 10.1. The molecule has 0 aliphatic heterocycles. The Balaban J connectivity index is 2.28. The summed E-state index contributed by atoms with van der Waals surface area (Å²) in [6.07, 6.45) is 0. The van der Waals surface area contributed by atoms with Crippen LogP contribution in [0.15, 0.2) is 64.2 Å². The molecule has 0 bridgehead atoms. The summed E-state index contributed by atoms with van der Waals surface area (Å²) in [6.45, 7) is 2.04. The molecule has 2 aromatic carbocycles. The molecule has 1 aromatic heterocycles. The highest BCUT2D eigenvalue weighted by Crippen LogP contribution is 2.22. The van der Waals surface area contributed by atoms with Crippen molar-refractivity contribution in [3.05, 3.63) is 65.5 Å². The molecule has 0 aliphatic carbocycles. The normalized spacial score (nSPS) is 11.9. The van der Waals surface area contributed by atoms with E-state index < -0.39 is 0 Å². The van der Waals surface area contributed by atoms with Crippen molar-refractivity contribution in [3.8, 4) is 11.3 Å². The van der Waals surface area contributed by atoms with Crippen LogP contribution in [0.25, 0.3) is 22.3 Å². The average molecular weight is 251 g/mol. The zero-order valence-electron chi connectivity index (χ0n) is 10.5. The summed E-state index contributed by atoms with van der Waals surface area (Å²) in [5.74, 6) is 0.687. The zero-order chi connectivity index (χ0) is 13.2. The van der Waals surface area contributed by atoms with Crippen molar-refractivity contribution in [1.29, 1.82) is 0 Å². The number of fused-ring (bicyclic) bond motifs is 1. The summed E-state index contributed by atoms with van der Waals surface area (Å²) < 4.78 is 5.86. The minimum absolute atomic E-state index is 0.512. The van der Waals surface area contributed by atoms with Crippen LogP contribution in [0.1, 0.15) is 5.56 Å². The van der Waals surface area contributed by atoms with Gasteiger partial charge in [0.25, 0.3) is 0 Å². The molecule has 0 radical (unpaired) electrons. The molecule has 1 N–H and O–H groups in total. The highest BCUT2D eigenvalue weighted by atomic mass is 16.4. The molecule has 94 valence electrons. The maximum atomic E-state index is 9.13. The molecule has 3 rings (SSSR count). The molecule has 0 saturated carbocycles. The first-order valence-electron chi connectivity index (χ1n) is 6.06. The van der Waals surface area contributed by atoms with E-state index in [2.05, 4.69) is 5.16 Å². The molecule has 0 unspecified atom stereocenters. The van der Waals surface area contributed by atoms with Gasteiger partial charge in [0.15, 0.2) is 0 Å². The Morgan fingerprint density at radius 2 is 1.74 bits per heavy atom. The van der Waals surface area contributed by atoms with Gasteiger partial charge < -0.3 is 9.62 Å². The van der Waals surface area contributed by atoms with Gasteiger partial charge in [-0.3, -0.25) is 0 Å². The maximum absolute atomic E-state index is 9.13. The molecule has 1 heterocycles. The van der Waals surface area contributed by atoms with Gasteiger partial charge in [0.2, 0.25) is 0 Å². The number of benzene rings is 2. The van der Waals surface area contributed by atoms with E-state index in [0.29, 0.717) is 16.7 Å². The SMILES string of the molecule is Cc1ccc(-c2c/c(=N\O)c3ccccc3o2)cc1. The molecular weight excluding hydrogens is 238 g/mol. The van der Waals surface area contributed by atoms with Crippen LogP contribution in [0.5, 0.6) is 0 Å². The predicted molar refractivity (Wildman–Crippen MR) is 73.7 cm³/mol. The van der Waals surface area contributed by atoms with Crippen LogP contribution in [0.3, 0.4) is 0 Å². The Bertz CT molecular complexity index is 786. The molecule has 19 heavy (non-hydrogen) atoms. The van der Waals surface area contributed by atoms with Crippen LogP contribution >= 0.6 is 0 Å². The van der Waals surface area contributed by atoms with Gasteiger partial charge in [-0.1, -0.05) is 47.1 Å². The van der Waals surface area contributed by atoms with Gasteiger partial charge in [-0.25, -0.2) is 0 Å². The largest absolute Gasteiger partial charge is 0.456 e. The van der Waals surface area contributed by atoms with Gasteiger partial charge in [0.1, 0.15) is 16.7 Å². The number of aryl methyl sites for hydroxylation is 1. The second-order valence-corrected chi connectivity index (χ2v) is 4.46.